The molecule has 0 aromatic heterocycles. The Morgan fingerprint density at radius 3 is 2.57 bits per heavy atom. The molecule has 0 amide bonds. The smallest absolute Gasteiger partial charge is 0.313 e. The van der Waals surface area contributed by atoms with E-state index in [2.05, 4.69) is 5.32 Å². The largest absolute Gasteiger partial charge is 0.390 e. The van der Waals surface area contributed by atoms with Crippen LogP contribution in [0.5, 0.6) is 0 Å². The third-order valence-electron chi connectivity index (χ3n) is 2.67. The second kappa shape index (κ2) is 5.21. The Morgan fingerprint density at radius 2 is 2.00 bits per heavy atom. The monoisotopic (exact) mass is 229 g/mol. The van der Waals surface area contributed by atoms with Crippen molar-refractivity contribution in [3.05, 3.63) is 0 Å². The Hall–Kier alpha value is 0.0400. The number of alkyl halides is 4. The van der Waals surface area contributed by atoms with Gasteiger partial charge in [0, 0.05) is 18.5 Å². The lowest BCUT2D eigenvalue weighted by Gasteiger charge is -2.19. The van der Waals surface area contributed by atoms with E-state index in [0.29, 0.717) is 11.8 Å². The maximum atomic E-state index is 11.8. The first-order valence-electron chi connectivity index (χ1n) is 4.89. The highest BCUT2D eigenvalue weighted by atomic mass is 35.5. The molecule has 14 heavy (non-hydrogen) atoms. The van der Waals surface area contributed by atoms with Crippen LogP contribution in [0.25, 0.3) is 0 Å². The summed E-state index contributed by atoms with van der Waals surface area (Å²) in [7, 11) is 0. The first kappa shape index (κ1) is 12.1. The summed E-state index contributed by atoms with van der Waals surface area (Å²) in [5.41, 5.74) is 0. The van der Waals surface area contributed by atoms with Gasteiger partial charge in [-0.3, -0.25) is 0 Å². The number of halogens is 4. The van der Waals surface area contributed by atoms with E-state index >= 15 is 0 Å². The summed E-state index contributed by atoms with van der Waals surface area (Å²) in [5, 5.41) is 2.93. The van der Waals surface area contributed by atoms with Crippen molar-refractivity contribution in [3.63, 3.8) is 0 Å². The van der Waals surface area contributed by atoms with E-state index in [1.807, 2.05) is 0 Å². The molecule has 1 aliphatic carbocycles. The van der Waals surface area contributed by atoms with E-state index < -0.39 is 12.6 Å². The van der Waals surface area contributed by atoms with Gasteiger partial charge in [0.2, 0.25) is 0 Å². The van der Waals surface area contributed by atoms with Crippen molar-refractivity contribution in [2.75, 3.05) is 12.4 Å². The Bertz CT molecular complexity index is 172. The van der Waals surface area contributed by atoms with E-state index in [-0.39, 0.29) is 12.6 Å². The highest BCUT2D eigenvalue weighted by Crippen LogP contribution is 2.27. The lowest BCUT2D eigenvalue weighted by atomic mass is 10.1. The number of hydrogen-bond donors (Lipinski definition) is 1. The zero-order chi connectivity index (χ0) is 10.6. The molecule has 1 fully saturated rings. The molecule has 0 aromatic carbocycles. The van der Waals surface area contributed by atoms with Gasteiger partial charge in [0.15, 0.2) is 0 Å². The van der Waals surface area contributed by atoms with Gasteiger partial charge in [-0.05, 0) is 18.8 Å². The molecule has 84 valence electrons. The van der Waals surface area contributed by atoms with Crippen molar-refractivity contribution in [2.45, 2.75) is 37.9 Å². The zero-order valence-corrected chi connectivity index (χ0v) is 8.67. The molecule has 0 saturated heterocycles. The van der Waals surface area contributed by atoms with Gasteiger partial charge >= 0.3 is 6.18 Å². The van der Waals surface area contributed by atoms with Crippen LogP contribution in [0.15, 0.2) is 0 Å². The summed E-state index contributed by atoms with van der Waals surface area (Å²) in [5.74, 6) is 0.897. The molecule has 0 bridgehead atoms. The van der Waals surface area contributed by atoms with Crippen molar-refractivity contribution in [1.29, 1.82) is 0 Å². The van der Waals surface area contributed by atoms with Crippen LogP contribution >= 0.6 is 11.6 Å². The molecule has 0 radical (unpaired) electrons. The van der Waals surface area contributed by atoms with Gasteiger partial charge in [-0.1, -0.05) is 6.42 Å². The molecular weight excluding hydrogens is 215 g/mol. The molecule has 2 atom stereocenters. The topological polar surface area (TPSA) is 12.0 Å². The average Bonchev–Trinajstić information content (AvgIpc) is 2.49. The van der Waals surface area contributed by atoms with Gasteiger partial charge < -0.3 is 5.32 Å². The van der Waals surface area contributed by atoms with Crippen LogP contribution in [-0.2, 0) is 0 Å². The quantitative estimate of drug-likeness (QED) is 0.731. The van der Waals surface area contributed by atoms with E-state index in [1.54, 1.807) is 0 Å². The number of hydrogen-bond acceptors (Lipinski definition) is 1. The van der Waals surface area contributed by atoms with Gasteiger partial charge in [-0.2, -0.15) is 13.2 Å². The minimum absolute atomic E-state index is 0.0154. The standard InChI is InChI=1S/C9H15ClF3N/c10-6-7-2-1-3-8(7)14-5-4-9(11,12)13/h7-8,14H,1-6H2. The van der Waals surface area contributed by atoms with Gasteiger partial charge in [-0.15, -0.1) is 11.6 Å². The third-order valence-corrected chi connectivity index (χ3v) is 3.07. The van der Waals surface area contributed by atoms with E-state index in [1.165, 1.54) is 0 Å². The molecule has 1 saturated carbocycles. The molecule has 2 unspecified atom stereocenters. The maximum Gasteiger partial charge on any atom is 0.390 e. The van der Waals surface area contributed by atoms with Gasteiger partial charge in [0.25, 0.3) is 0 Å². The molecule has 1 nitrogen and oxygen atoms in total. The highest BCUT2D eigenvalue weighted by molar-refractivity contribution is 6.18. The van der Waals surface area contributed by atoms with Gasteiger partial charge in [0.1, 0.15) is 0 Å². The maximum absolute atomic E-state index is 11.8. The SMILES string of the molecule is FC(F)(F)CCNC1CCCC1CCl. The fourth-order valence-electron chi connectivity index (χ4n) is 1.89. The Morgan fingerprint density at radius 1 is 1.29 bits per heavy atom. The van der Waals surface area contributed by atoms with Crippen LogP contribution in [-0.4, -0.2) is 24.6 Å². The molecule has 1 rings (SSSR count). The average molecular weight is 230 g/mol. The Kier molecular flexibility index (Phi) is 4.51. The van der Waals surface area contributed by atoms with Crippen LogP contribution in [0.4, 0.5) is 13.2 Å². The molecule has 0 heterocycles. The Labute approximate surface area is 87.0 Å². The summed E-state index contributed by atoms with van der Waals surface area (Å²) < 4.78 is 35.5. The van der Waals surface area contributed by atoms with Crippen LogP contribution in [0, 0.1) is 5.92 Å². The third kappa shape index (κ3) is 4.05. The minimum atomic E-state index is -4.05. The van der Waals surface area contributed by atoms with Crippen molar-refractivity contribution >= 4 is 11.6 Å². The normalized spacial score (nSPS) is 28.3. The van der Waals surface area contributed by atoms with Crippen LogP contribution < -0.4 is 5.32 Å². The van der Waals surface area contributed by atoms with Crippen molar-refractivity contribution < 1.29 is 13.2 Å². The minimum Gasteiger partial charge on any atom is -0.313 e. The fraction of sp³-hybridized carbons (Fsp3) is 1.00. The molecule has 0 aliphatic heterocycles. The van der Waals surface area contributed by atoms with E-state index in [0.717, 1.165) is 19.3 Å². The molecule has 0 aromatic rings. The number of nitrogens with one attached hydrogen (secondary N) is 1. The van der Waals surface area contributed by atoms with Crippen LogP contribution in [0.2, 0.25) is 0 Å². The van der Waals surface area contributed by atoms with Crippen molar-refractivity contribution in [3.8, 4) is 0 Å². The fourth-order valence-corrected chi connectivity index (χ4v) is 2.26. The molecule has 0 spiro atoms. The van der Waals surface area contributed by atoms with Crippen molar-refractivity contribution in [2.24, 2.45) is 5.92 Å². The van der Waals surface area contributed by atoms with Crippen molar-refractivity contribution in [1.82, 2.24) is 5.32 Å². The lowest BCUT2D eigenvalue weighted by molar-refractivity contribution is -0.133. The van der Waals surface area contributed by atoms with Gasteiger partial charge in [0.05, 0.1) is 6.42 Å². The Balaban J connectivity index is 2.18. The van der Waals surface area contributed by atoms with Crippen LogP contribution in [0.1, 0.15) is 25.7 Å². The summed E-state index contributed by atoms with van der Waals surface area (Å²) in [6.07, 6.45) is -1.75. The molecule has 1 N–H and O–H groups in total. The van der Waals surface area contributed by atoms with Gasteiger partial charge in [-0.25, -0.2) is 0 Å². The summed E-state index contributed by atoms with van der Waals surface area (Å²) in [4.78, 5) is 0. The predicted octanol–water partition coefficient (Wildman–Crippen LogP) is 2.94. The molecule has 5 heteroatoms. The zero-order valence-electron chi connectivity index (χ0n) is 7.91. The summed E-state index contributed by atoms with van der Waals surface area (Å²) >= 11 is 5.71. The highest BCUT2D eigenvalue weighted by Gasteiger charge is 2.29. The van der Waals surface area contributed by atoms with Crippen LogP contribution in [0.3, 0.4) is 0 Å². The lowest BCUT2D eigenvalue weighted by Crippen LogP contribution is -2.35. The summed E-state index contributed by atoms with van der Waals surface area (Å²) in [6.45, 7) is 0.0154. The second-order valence-corrected chi connectivity index (χ2v) is 4.08. The first-order chi connectivity index (χ1) is 6.53. The predicted molar refractivity (Wildman–Crippen MR) is 50.5 cm³/mol. The number of rotatable bonds is 4. The summed E-state index contributed by atoms with van der Waals surface area (Å²) in [6, 6.07) is 0.190. The second-order valence-electron chi connectivity index (χ2n) is 3.77. The molecular formula is C9H15ClF3N. The first-order valence-corrected chi connectivity index (χ1v) is 5.42. The van der Waals surface area contributed by atoms with E-state index in [9.17, 15) is 13.2 Å². The molecule has 1 aliphatic rings. The van der Waals surface area contributed by atoms with E-state index in [4.69, 9.17) is 11.6 Å².